The molecule has 0 radical (unpaired) electrons. The predicted molar refractivity (Wildman–Crippen MR) is 98.6 cm³/mol. The number of hydrogen-bond acceptors (Lipinski definition) is 4. The van der Waals surface area contributed by atoms with Crippen molar-refractivity contribution in [3.8, 4) is 0 Å². The van der Waals surface area contributed by atoms with E-state index in [4.69, 9.17) is 4.42 Å². The summed E-state index contributed by atoms with van der Waals surface area (Å²) in [6.45, 7) is 10.1. The first-order valence-electron chi connectivity index (χ1n) is 9.33. The lowest BCUT2D eigenvalue weighted by Crippen LogP contribution is -2.48. The van der Waals surface area contributed by atoms with Crippen molar-refractivity contribution in [1.82, 2.24) is 20.0 Å². The van der Waals surface area contributed by atoms with E-state index in [0.29, 0.717) is 32.6 Å². The van der Waals surface area contributed by atoms with Gasteiger partial charge in [-0.1, -0.05) is 0 Å². The maximum Gasteiger partial charge on any atom is 0.317 e. The Balaban J connectivity index is 1.78. The third-order valence-corrected chi connectivity index (χ3v) is 5.17. The minimum absolute atomic E-state index is 0.0444. The average molecular weight is 362 g/mol. The van der Waals surface area contributed by atoms with E-state index >= 15 is 0 Å². The highest BCUT2D eigenvalue weighted by Gasteiger charge is 2.46. The van der Waals surface area contributed by atoms with Crippen LogP contribution in [0.2, 0.25) is 0 Å². The topological polar surface area (TPSA) is 69.0 Å². The molecule has 2 saturated heterocycles. The zero-order chi connectivity index (χ0) is 18.9. The molecule has 7 heteroatoms. The van der Waals surface area contributed by atoms with Gasteiger partial charge >= 0.3 is 6.03 Å². The van der Waals surface area contributed by atoms with Gasteiger partial charge in [0.05, 0.1) is 6.54 Å². The summed E-state index contributed by atoms with van der Waals surface area (Å²) in [5, 5.41) is 2.99. The Morgan fingerprint density at radius 1 is 1.27 bits per heavy atom. The molecule has 144 valence electrons. The Labute approximate surface area is 155 Å². The fourth-order valence-electron chi connectivity index (χ4n) is 4.10. The highest BCUT2D eigenvalue weighted by molar-refractivity contribution is 5.80. The third kappa shape index (κ3) is 4.20. The van der Waals surface area contributed by atoms with Gasteiger partial charge in [0.2, 0.25) is 5.91 Å². The number of nitrogens with zero attached hydrogens (tertiary/aromatic N) is 3. The summed E-state index contributed by atoms with van der Waals surface area (Å²) in [6, 6.07) is 4.02. The number of carbonyl (C=O) groups excluding carboxylic acids is 2. The largest absolute Gasteiger partial charge is 0.465 e. The van der Waals surface area contributed by atoms with Crippen LogP contribution in [0.5, 0.6) is 0 Å². The molecule has 0 unspecified atom stereocenters. The van der Waals surface area contributed by atoms with Crippen molar-refractivity contribution < 1.29 is 14.0 Å². The third-order valence-electron chi connectivity index (χ3n) is 5.17. The van der Waals surface area contributed by atoms with Gasteiger partial charge in [-0.15, -0.1) is 0 Å². The van der Waals surface area contributed by atoms with Gasteiger partial charge in [-0.3, -0.25) is 9.69 Å². The molecule has 0 aromatic carbocycles. The summed E-state index contributed by atoms with van der Waals surface area (Å²) in [4.78, 5) is 30.8. The molecule has 26 heavy (non-hydrogen) atoms. The Hall–Kier alpha value is -2.02. The number of carbonyl (C=O) groups is 2. The number of furan rings is 1. The molecule has 7 nitrogen and oxygen atoms in total. The number of urea groups is 1. The number of aryl methyl sites for hydroxylation is 1. The van der Waals surface area contributed by atoms with Crippen molar-refractivity contribution in [1.29, 1.82) is 0 Å². The standard InChI is InChI=1S/C19H30N4O3/c1-14(2)20-18(25)23-8-7-22(10-16-6-5-15(3)26-16)12-19(13-23)9-17(24)21(4)11-19/h5-6,14H,7-13H2,1-4H3,(H,20,25)/t19-/m0/s1. The van der Waals surface area contributed by atoms with Crippen molar-refractivity contribution >= 4 is 11.9 Å². The highest BCUT2D eigenvalue weighted by atomic mass is 16.3. The number of hydrogen-bond donors (Lipinski definition) is 1. The average Bonchev–Trinajstić information content (AvgIpc) is 2.99. The molecular formula is C19H30N4O3. The van der Waals surface area contributed by atoms with Crippen LogP contribution in [0.4, 0.5) is 4.79 Å². The van der Waals surface area contributed by atoms with Crippen LogP contribution in [0.1, 0.15) is 31.8 Å². The van der Waals surface area contributed by atoms with E-state index in [1.807, 2.05) is 44.9 Å². The number of amides is 3. The Morgan fingerprint density at radius 3 is 2.62 bits per heavy atom. The van der Waals surface area contributed by atoms with Crippen LogP contribution in [-0.4, -0.2) is 72.5 Å². The summed E-state index contributed by atoms with van der Waals surface area (Å²) in [5.74, 6) is 1.98. The Morgan fingerprint density at radius 2 is 2.04 bits per heavy atom. The second kappa shape index (κ2) is 7.31. The van der Waals surface area contributed by atoms with Gasteiger partial charge in [0, 0.05) is 57.6 Å². The fraction of sp³-hybridized carbons (Fsp3) is 0.684. The first-order chi connectivity index (χ1) is 12.3. The van der Waals surface area contributed by atoms with Gasteiger partial charge in [0.15, 0.2) is 0 Å². The van der Waals surface area contributed by atoms with E-state index in [0.717, 1.165) is 24.6 Å². The maximum atomic E-state index is 12.6. The second-order valence-corrected chi connectivity index (χ2v) is 8.18. The first-order valence-corrected chi connectivity index (χ1v) is 9.33. The summed E-state index contributed by atoms with van der Waals surface area (Å²) in [5.41, 5.74) is -0.224. The molecule has 1 N–H and O–H groups in total. The Kier molecular flexibility index (Phi) is 5.27. The number of likely N-dealkylation sites (tertiary alicyclic amines) is 1. The molecule has 0 saturated carbocycles. The van der Waals surface area contributed by atoms with Crippen LogP contribution in [-0.2, 0) is 11.3 Å². The van der Waals surface area contributed by atoms with Crippen LogP contribution >= 0.6 is 0 Å². The van der Waals surface area contributed by atoms with E-state index in [1.165, 1.54) is 0 Å². The van der Waals surface area contributed by atoms with E-state index in [9.17, 15) is 9.59 Å². The summed E-state index contributed by atoms with van der Waals surface area (Å²) >= 11 is 0. The molecular weight excluding hydrogens is 332 g/mol. The summed E-state index contributed by atoms with van der Waals surface area (Å²) < 4.78 is 5.74. The molecule has 2 fully saturated rings. The van der Waals surface area contributed by atoms with Crippen molar-refractivity contribution in [3.05, 3.63) is 23.7 Å². The smallest absolute Gasteiger partial charge is 0.317 e. The quantitative estimate of drug-likeness (QED) is 0.888. The van der Waals surface area contributed by atoms with Gasteiger partial charge in [0.1, 0.15) is 11.5 Å². The lowest BCUT2D eigenvalue weighted by molar-refractivity contribution is -0.126. The summed E-state index contributed by atoms with van der Waals surface area (Å²) in [6.07, 6.45) is 0.489. The lowest BCUT2D eigenvalue weighted by Gasteiger charge is -2.33. The van der Waals surface area contributed by atoms with Gasteiger partial charge in [0.25, 0.3) is 0 Å². The molecule has 2 aliphatic heterocycles. The first kappa shape index (κ1) is 18.8. The van der Waals surface area contributed by atoms with Gasteiger partial charge in [-0.2, -0.15) is 0 Å². The zero-order valence-electron chi connectivity index (χ0n) is 16.2. The van der Waals surface area contributed by atoms with E-state index in [2.05, 4.69) is 10.2 Å². The van der Waals surface area contributed by atoms with Gasteiger partial charge < -0.3 is 19.5 Å². The van der Waals surface area contributed by atoms with Crippen LogP contribution in [0, 0.1) is 12.3 Å². The van der Waals surface area contributed by atoms with Gasteiger partial charge in [-0.25, -0.2) is 4.79 Å². The number of rotatable bonds is 3. The van der Waals surface area contributed by atoms with Crippen molar-refractivity contribution in [2.24, 2.45) is 5.41 Å². The highest BCUT2D eigenvalue weighted by Crippen LogP contribution is 2.35. The lowest BCUT2D eigenvalue weighted by atomic mass is 9.86. The van der Waals surface area contributed by atoms with Crippen LogP contribution in [0.15, 0.2) is 16.5 Å². The molecule has 1 aromatic rings. The normalized spacial score (nSPS) is 24.6. The molecule has 1 aromatic heterocycles. The van der Waals surface area contributed by atoms with Gasteiger partial charge in [-0.05, 0) is 32.9 Å². The van der Waals surface area contributed by atoms with Crippen LogP contribution in [0.3, 0.4) is 0 Å². The van der Waals surface area contributed by atoms with Crippen LogP contribution in [0.25, 0.3) is 0 Å². The molecule has 3 rings (SSSR count). The molecule has 0 aliphatic carbocycles. The fourth-order valence-corrected chi connectivity index (χ4v) is 4.10. The van der Waals surface area contributed by atoms with Crippen LogP contribution < -0.4 is 5.32 Å². The van der Waals surface area contributed by atoms with Crippen molar-refractivity contribution in [3.63, 3.8) is 0 Å². The molecule has 1 atom stereocenters. The minimum atomic E-state index is -0.224. The van der Waals surface area contributed by atoms with E-state index < -0.39 is 0 Å². The predicted octanol–water partition coefficient (Wildman–Crippen LogP) is 1.67. The molecule has 0 bridgehead atoms. The Bertz CT molecular complexity index is 671. The molecule has 1 spiro atoms. The second-order valence-electron chi connectivity index (χ2n) is 8.18. The van der Waals surface area contributed by atoms with E-state index in [-0.39, 0.29) is 23.4 Å². The van der Waals surface area contributed by atoms with Crippen molar-refractivity contribution in [2.75, 3.05) is 39.8 Å². The summed E-state index contributed by atoms with van der Waals surface area (Å²) in [7, 11) is 1.85. The van der Waals surface area contributed by atoms with E-state index in [1.54, 1.807) is 4.90 Å². The van der Waals surface area contributed by atoms with Crippen molar-refractivity contribution in [2.45, 2.75) is 39.8 Å². The monoisotopic (exact) mass is 362 g/mol. The zero-order valence-corrected chi connectivity index (χ0v) is 16.2. The minimum Gasteiger partial charge on any atom is -0.465 e. The maximum absolute atomic E-state index is 12.6. The molecule has 2 aliphatic rings. The molecule has 3 amide bonds. The SMILES string of the molecule is Cc1ccc(CN2CCN(C(=O)NC(C)C)C[C@]3(CC(=O)N(C)C3)C2)o1. The molecule has 3 heterocycles. The number of nitrogens with one attached hydrogen (secondary N) is 1.